The van der Waals surface area contributed by atoms with Gasteiger partial charge in [0.25, 0.3) is 5.91 Å². The number of carbonyl (C=O) groups is 1. The highest BCUT2D eigenvalue weighted by atomic mass is 16.2. The molecule has 35 heavy (non-hydrogen) atoms. The third kappa shape index (κ3) is 3.88. The molecule has 6 nitrogen and oxygen atoms in total. The topological polar surface area (TPSA) is 84.8 Å². The van der Waals surface area contributed by atoms with Crippen LogP contribution in [0.4, 0.5) is 0 Å². The van der Waals surface area contributed by atoms with E-state index < -0.39 is 0 Å². The Labute approximate surface area is 204 Å². The standard InChI is InChI=1S/C29H27N5O/c1-18-15-32-28-25(18)13-22(16-33-28)21-11-23-17-34(29(35)20-6-4-19(14-30)5-7-20)10-8-24(23)26(12-21)27-3-2-9-31-27/h4-7,11-13,15-16,27,31H,2-3,8-10,17H2,1H3,(H,32,33)/t27-/m0/s1. The van der Waals surface area contributed by atoms with Crippen molar-refractivity contribution < 1.29 is 4.79 Å². The summed E-state index contributed by atoms with van der Waals surface area (Å²) in [4.78, 5) is 23.1. The van der Waals surface area contributed by atoms with Crippen molar-refractivity contribution in [2.45, 2.75) is 38.8 Å². The fourth-order valence-corrected chi connectivity index (χ4v) is 5.50. The van der Waals surface area contributed by atoms with Crippen molar-refractivity contribution >= 4 is 16.9 Å². The van der Waals surface area contributed by atoms with E-state index in [-0.39, 0.29) is 5.91 Å². The smallest absolute Gasteiger partial charge is 0.254 e. The van der Waals surface area contributed by atoms with Crippen molar-refractivity contribution in [2.24, 2.45) is 0 Å². The quantitative estimate of drug-likeness (QED) is 0.448. The fourth-order valence-electron chi connectivity index (χ4n) is 5.50. The second kappa shape index (κ2) is 8.68. The van der Waals surface area contributed by atoms with Crippen molar-refractivity contribution in [3.8, 4) is 17.2 Å². The highest BCUT2D eigenvalue weighted by Gasteiger charge is 2.28. The van der Waals surface area contributed by atoms with E-state index in [9.17, 15) is 4.79 Å². The molecule has 0 saturated carbocycles. The molecule has 2 N–H and O–H groups in total. The van der Waals surface area contributed by atoms with E-state index in [2.05, 4.69) is 46.5 Å². The summed E-state index contributed by atoms with van der Waals surface area (Å²) in [5.74, 6) is 0.0112. The molecular weight excluding hydrogens is 434 g/mol. The lowest BCUT2D eigenvalue weighted by Crippen LogP contribution is -2.36. The van der Waals surface area contributed by atoms with Gasteiger partial charge in [0, 0.05) is 48.0 Å². The van der Waals surface area contributed by atoms with Crippen LogP contribution in [0.25, 0.3) is 22.2 Å². The minimum atomic E-state index is 0.0112. The van der Waals surface area contributed by atoms with Gasteiger partial charge in [0.2, 0.25) is 0 Å². The van der Waals surface area contributed by atoms with Gasteiger partial charge >= 0.3 is 0 Å². The molecule has 2 aromatic heterocycles. The summed E-state index contributed by atoms with van der Waals surface area (Å²) in [6, 6.07) is 16.2. The zero-order valence-corrected chi connectivity index (χ0v) is 19.8. The number of benzene rings is 2. The van der Waals surface area contributed by atoms with Gasteiger partial charge in [0.05, 0.1) is 11.6 Å². The maximum Gasteiger partial charge on any atom is 0.254 e. The second-order valence-corrected chi connectivity index (χ2v) is 9.61. The summed E-state index contributed by atoms with van der Waals surface area (Å²) in [6.45, 7) is 4.42. The highest BCUT2D eigenvalue weighted by molar-refractivity contribution is 5.94. The Hall–Kier alpha value is -3.95. The molecule has 4 aromatic rings. The van der Waals surface area contributed by atoms with Crippen LogP contribution in [0.15, 0.2) is 54.9 Å². The first-order chi connectivity index (χ1) is 17.1. The number of hydrogen-bond acceptors (Lipinski definition) is 4. The zero-order valence-electron chi connectivity index (χ0n) is 19.8. The molecule has 2 aliphatic rings. The lowest BCUT2D eigenvalue weighted by Gasteiger charge is -2.32. The lowest BCUT2D eigenvalue weighted by molar-refractivity contribution is 0.0734. The van der Waals surface area contributed by atoms with Crippen molar-refractivity contribution in [1.29, 1.82) is 5.26 Å². The summed E-state index contributed by atoms with van der Waals surface area (Å²) in [6.07, 6.45) is 7.10. The molecule has 0 unspecified atom stereocenters. The van der Waals surface area contributed by atoms with Crippen LogP contribution >= 0.6 is 0 Å². The molecule has 0 bridgehead atoms. The highest BCUT2D eigenvalue weighted by Crippen LogP contribution is 2.36. The first kappa shape index (κ1) is 21.6. The number of fused-ring (bicyclic) bond motifs is 2. The molecule has 4 heterocycles. The first-order valence-corrected chi connectivity index (χ1v) is 12.2. The number of aromatic nitrogens is 2. The van der Waals surface area contributed by atoms with E-state index in [4.69, 9.17) is 5.26 Å². The molecule has 2 aromatic carbocycles. The number of carbonyl (C=O) groups excluding carboxylic acids is 1. The van der Waals surface area contributed by atoms with Crippen LogP contribution in [0.2, 0.25) is 0 Å². The summed E-state index contributed by atoms with van der Waals surface area (Å²) in [5, 5.41) is 13.9. The summed E-state index contributed by atoms with van der Waals surface area (Å²) in [7, 11) is 0. The molecule has 6 heteroatoms. The van der Waals surface area contributed by atoms with Gasteiger partial charge in [-0.15, -0.1) is 0 Å². The van der Waals surface area contributed by atoms with Gasteiger partial charge in [-0.1, -0.05) is 0 Å². The van der Waals surface area contributed by atoms with Crippen LogP contribution in [0.5, 0.6) is 0 Å². The predicted octanol–water partition coefficient (Wildman–Crippen LogP) is 5.03. The molecule has 1 saturated heterocycles. The van der Waals surface area contributed by atoms with E-state index >= 15 is 0 Å². The molecule has 1 atom stereocenters. The third-order valence-corrected chi connectivity index (χ3v) is 7.42. The maximum absolute atomic E-state index is 13.3. The number of pyridine rings is 1. The van der Waals surface area contributed by atoms with E-state index in [0.717, 1.165) is 41.5 Å². The molecule has 6 rings (SSSR count). The molecular formula is C29H27N5O. The van der Waals surface area contributed by atoms with Gasteiger partial charge in [-0.25, -0.2) is 4.98 Å². The summed E-state index contributed by atoms with van der Waals surface area (Å²) >= 11 is 0. The van der Waals surface area contributed by atoms with Crippen LogP contribution in [-0.2, 0) is 13.0 Å². The summed E-state index contributed by atoms with van der Waals surface area (Å²) < 4.78 is 0. The average Bonchev–Trinajstić information content (AvgIpc) is 3.57. The number of aromatic amines is 1. The number of H-pyrrole nitrogens is 1. The molecule has 0 spiro atoms. The molecule has 0 aliphatic carbocycles. The number of hydrogen-bond donors (Lipinski definition) is 2. The van der Waals surface area contributed by atoms with E-state index in [1.54, 1.807) is 24.3 Å². The molecule has 1 amide bonds. The number of aryl methyl sites for hydroxylation is 1. The number of nitrogens with zero attached hydrogens (tertiary/aromatic N) is 3. The number of amides is 1. The van der Waals surface area contributed by atoms with E-state index in [0.29, 0.717) is 30.3 Å². The largest absolute Gasteiger partial charge is 0.346 e. The average molecular weight is 462 g/mol. The fraction of sp³-hybridized carbons (Fsp3) is 0.276. The molecule has 2 aliphatic heterocycles. The SMILES string of the molecule is Cc1c[nH]c2ncc(-c3cc4c(c([C@@H]5CCCN5)c3)CCN(C(=O)c3ccc(C#N)cc3)C4)cc12. The van der Waals surface area contributed by atoms with Crippen LogP contribution in [-0.4, -0.2) is 33.9 Å². The minimum absolute atomic E-state index is 0.0112. The summed E-state index contributed by atoms with van der Waals surface area (Å²) in [5.41, 5.74) is 9.48. The minimum Gasteiger partial charge on any atom is -0.346 e. The van der Waals surface area contributed by atoms with Crippen LogP contribution in [0.1, 0.15) is 57.1 Å². The number of nitriles is 1. The van der Waals surface area contributed by atoms with Crippen LogP contribution in [0.3, 0.4) is 0 Å². The Morgan fingerprint density at radius 3 is 2.80 bits per heavy atom. The van der Waals surface area contributed by atoms with Gasteiger partial charge in [-0.05, 0) is 103 Å². The normalized spacial score (nSPS) is 17.4. The monoisotopic (exact) mass is 461 g/mol. The van der Waals surface area contributed by atoms with Gasteiger partial charge in [-0.3, -0.25) is 4.79 Å². The van der Waals surface area contributed by atoms with Crippen molar-refractivity contribution in [3.05, 3.63) is 88.2 Å². The Morgan fingerprint density at radius 1 is 1.17 bits per heavy atom. The lowest BCUT2D eigenvalue weighted by atomic mass is 9.86. The number of nitrogens with one attached hydrogen (secondary N) is 2. The van der Waals surface area contributed by atoms with E-state index in [1.165, 1.54) is 28.7 Å². The van der Waals surface area contributed by atoms with Crippen LogP contribution in [0, 0.1) is 18.3 Å². The van der Waals surface area contributed by atoms with Crippen molar-refractivity contribution in [1.82, 2.24) is 20.2 Å². The number of rotatable bonds is 3. The second-order valence-electron chi connectivity index (χ2n) is 9.61. The van der Waals surface area contributed by atoms with Gasteiger partial charge in [0.15, 0.2) is 0 Å². The molecule has 0 radical (unpaired) electrons. The van der Waals surface area contributed by atoms with Crippen molar-refractivity contribution in [3.63, 3.8) is 0 Å². The van der Waals surface area contributed by atoms with Crippen LogP contribution < -0.4 is 5.32 Å². The third-order valence-electron chi connectivity index (χ3n) is 7.42. The van der Waals surface area contributed by atoms with Gasteiger partial charge < -0.3 is 15.2 Å². The Balaban J connectivity index is 1.39. The van der Waals surface area contributed by atoms with Gasteiger partial charge in [-0.2, -0.15) is 5.26 Å². The maximum atomic E-state index is 13.3. The molecule has 1 fully saturated rings. The Morgan fingerprint density at radius 2 is 2.03 bits per heavy atom. The van der Waals surface area contributed by atoms with Crippen molar-refractivity contribution in [2.75, 3.05) is 13.1 Å². The predicted molar refractivity (Wildman–Crippen MR) is 136 cm³/mol. The Kier molecular flexibility index (Phi) is 5.35. The first-order valence-electron chi connectivity index (χ1n) is 12.2. The van der Waals surface area contributed by atoms with Gasteiger partial charge in [0.1, 0.15) is 5.65 Å². The van der Waals surface area contributed by atoms with E-state index in [1.807, 2.05) is 17.3 Å². The Bertz CT molecular complexity index is 1470. The molecule has 174 valence electrons. The zero-order chi connectivity index (χ0) is 23.9.